The van der Waals surface area contributed by atoms with E-state index < -0.39 is 11.4 Å². The Balaban J connectivity index is 1.31. The number of likely N-dealkylation sites (tertiary alicyclic amines) is 1. The summed E-state index contributed by atoms with van der Waals surface area (Å²) in [7, 11) is 0. The third-order valence-electron chi connectivity index (χ3n) is 6.47. The standard InChI is InChI=1S/C23H23FN2O3/c24-18-9-5-4-8-17(18)21(27)25-14-12-23(13-15-25)22(28)26-19(10-11-20(26)29-23)16-6-2-1-3-7-16/h1-9,19-20H,10-15H2/t19-,20+/m0/s1. The van der Waals surface area contributed by atoms with Crippen LogP contribution in [0.1, 0.15) is 47.6 Å². The second-order valence-corrected chi connectivity index (χ2v) is 8.06. The Kier molecular flexibility index (Phi) is 4.39. The first-order valence-corrected chi connectivity index (χ1v) is 10.2. The van der Waals surface area contributed by atoms with E-state index in [2.05, 4.69) is 12.1 Å². The maximum absolute atomic E-state index is 14.0. The van der Waals surface area contributed by atoms with Crippen LogP contribution in [0.5, 0.6) is 0 Å². The first-order chi connectivity index (χ1) is 14.1. The summed E-state index contributed by atoms with van der Waals surface area (Å²) in [5.41, 5.74) is 0.354. The summed E-state index contributed by atoms with van der Waals surface area (Å²) in [5.74, 6) is -0.810. The first-order valence-electron chi connectivity index (χ1n) is 10.2. The molecule has 3 saturated heterocycles. The third kappa shape index (κ3) is 2.94. The number of carbonyl (C=O) groups is 2. The molecule has 5 rings (SSSR count). The molecule has 0 bridgehead atoms. The van der Waals surface area contributed by atoms with Gasteiger partial charge in [0.05, 0.1) is 11.6 Å². The number of halogens is 1. The van der Waals surface area contributed by atoms with E-state index in [4.69, 9.17) is 4.74 Å². The average Bonchev–Trinajstić information content (AvgIpc) is 3.27. The van der Waals surface area contributed by atoms with Crippen LogP contribution < -0.4 is 0 Å². The number of hydrogen-bond acceptors (Lipinski definition) is 3. The molecule has 5 nitrogen and oxygen atoms in total. The van der Waals surface area contributed by atoms with Gasteiger partial charge in [0.2, 0.25) is 0 Å². The van der Waals surface area contributed by atoms with Crippen molar-refractivity contribution in [3.8, 4) is 0 Å². The largest absolute Gasteiger partial charge is 0.342 e. The van der Waals surface area contributed by atoms with Crippen molar-refractivity contribution in [3.63, 3.8) is 0 Å². The van der Waals surface area contributed by atoms with Gasteiger partial charge in [0, 0.05) is 25.9 Å². The fourth-order valence-corrected chi connectivity index (χ4v) is 4.92. The molecule has 3 heterocycles. The van der Waals surface area contributed by atoms with Crippen LogP contribution in [0.15, 0.2) is 54.6 Å². The lowest BCUT2D eigenvalue weighted by Crippen LogP contribution is -2.51. The van der Waals surface area contributed by atoms with Crippen LogP contribution in [0.2, 0.25) is 0 Å². The lowest BCUT2D eigenvalue weighted by atomic mass is 9.89. The lowest BCUT2D eigenvalue weighted by molar-refractivity contribution is -0.142. The van der Waals surface area contributed by atoms with E-state index >= 15 is 0 Å². The average molecular weight is 394 g/mol. The molecule has 6 heteroatoms. The van der Waals surface area contributed by atoms with Crippen LogP contribution >= 0.6 is 0 Å². The molecule has 150 valence electrons. The molecule has 2 amide bonds. The molecular formula is C23H23FN2O3. The number of fused-ring (bicyclic) bond motifs is 1. The number of piperidine rings is 1. The van der Waals surface area contributed by atoms with Crippen molar-refractivity contribution < 1.29 is 18.7 Å². The summed E-state index contributed by atoms with van der Waals surface area (Å²) in [4.78, 5) is 29.6. The zero-order chi connectivity index (χ0) is 20.0. The quantitative estimate of drug-likeness (QED) is 0.783. The minimum absolute atomic E-state index is 0.0341. The van der Waals surface area contributed by atoms with Crippen LogP contribution in [0.4, 0.5) is 4.39 Å². The van der Waals surface area contributed by atoms with Crippen LogP contribution in [-0.4, -0.2) is 46.5 Å². The van der Waals surface area contributed by atoms with Gasteiger partial charge in [-0.15, -0.1) is 0 Å². The molecular weight excluding hydrogens is 371 g/mol. The molecule has 0 aliphatic carbocycles. The van der Waals surface area contributed by atoms with Crippen LogP contribution in [0.3, 0.4) is 0 Å². The minimum Gasteiger partial charge on any atom is -0.342 e. The molecule has 0 unspecified atom stereocenters. The number of amides is 2. The van der Waals surface area contributed by atoms with Crippen LogP contribution in [0, 0.1) is 5.82 Å². The Bertz CT molecular complexity index is 940. The van der Waals surface area contributed by atoms with Crippen LogP contribution in [-0.2, 0) is 9.53 Å². The van der Waals surface area contributed by atoms with Gasteiger partial charge in [-0.05, 0) is 30.5 Å². The highest BCUT2D eigenvalue weighted by atomic mass is 19.1. The highest BCUT2D eigenvalue weighted by Crippen LogP contribution is 2.47. The van der Waals surface area contributed by atoms with Gasteiger partial charge >= 0.3 is 0 Å². The zero-order valence-electron chi connectivity index (χ0n) is 16.1. The molecule has 0 aromatic heterocycles. The molecule has 2 atom stereocenters. The number of carbonyl (C=O) groups excluding carboxylic acids is 2. The number of hydrogen-bond donors (Lipinski definition) is 0. The predicted molar refractivity (Wildman–Crippen MR) is 104 cm³/mol. The summed E-state index contributed by atoms with van der Waals surface area (Å²) in [6.45, 7) is 0.769. The first kappa shape index (κ1) is 18.3. The maximum Gasteiger partial charge on any atom is 0.257 e. The SMILES string of the molecule is O=C(c1ccccc1F)N1CCC2(CC1)O[C@@H]1CC[C@@H](c3ccccc3)N1C2=O. The van der Waals surface area contributed by atoms with Gasteiger partial charge in [0.25, 0.3) is 11.8 Å². The van der Waals surface area contributed by atoms with Crippen molar-refractivity contribution in [1.29, 1.82) is 0 Å². The van der Waals surface area contributed by atoms with Crippen molar-refractivity contribution in [3.05, 3.63) is 71.5 Å². The summed E-state index contributed by atoms with van der Waals surface area (Å²) in [5, 5.41) is 0. The Morgan fingerprint density at radius 3 is 2.41 bits per heavy atom. The molecule has 1 spiro atoms. The molecule has 0 saturated carbocycles. The van der Waals surface area contributed by atoms with Gasteiger partial charge in [-0.1, -0.05) is 42.5 Å². The molecule has 29 heavy (non-hydrogen) atoms. The molecule has 3 aliphatic rings. The predicted octanol–water partition coefficient (Wildman–Crippen LogP) is 3.52. The molecule has 2 aromatic carbocycles. The fourth-order valence-electron chi connectivity index (χ4n) is 4.92. The zero-order valence-corrected chi connectivity index (χ0v) is 16.1. The third-order valence-corrected chi connectivity index (χ3v) is 6.47. The number of ether oxygens (including phenoxy) is 1. The summed E-state index contributed by atoms with van der Waals surface area (Å²) in [6, 6.07) is 16.1. The van der Waals surface area contributed by atoms with Gasteiger partial charge in [-0.2, -0.15) is 0 Å². The van der Waals surface area contributed by atoms with Crippen molar-refractivity contribution in [1.82, 2.24) is 9.80 Å². The van der Waals surface area contributed by atoms with Gasteiger partial charge in [0.1, 0.15) is 12.0 Å². The smallest absolute Gasteiger partial charge is 0.257 e. The molecule has 2 aromatic rings. The van der Waals surface area contributed by atoms with Gasteiger partial charge in [0.15, 0.2) is 5.60 Å². The Morgan fingerprint density at radius 1 is 1.00 bits per heavy atom. The van der Waals surface area contributed by atoms with E-state index in [-0.39, 0.29) is 29.6 Å². The summed E-state index contributed by atoms with van der Waals surface area (Å²) in [6.07, 6.45) is 2.42. The number of nitrogens with zero attached hydrogens (tertiary/aromatic N) is 2. The Labute approximate surface area is 169 Å². The highest BCUT2D eigenvalue weighted by Gasteiger charge is 2.58. The van der Waals surface area contributed by atoms with E-state index in [1.807, 2.05) is 23.1 Å². The normalized spacial score (nSPS) is 25.5. The lowest BCUT2D eigenvalue weighted by Gasteiger charge is -2.37. The minimum atomic E-state index is -0.857. The summed E-state index contributed by atoms with van der Waals surface area (Å²) >= 11 is 0. The van der Waals surface area contributed by atoms with Crippen molar-refractivity contribution in [2.45, 2.75) is 43.6 Å². The van der Waals surface area contributed by atoms with Crippen molar-refractivity contribution >= 4 is 11.8 Å². The monoisotopic (exact) mass is 394 g/mol. The van der Waals surface area contributed by atoms with E-state index in [0.29, 0.717) is 25.9 Å². The Hall–Kier alpha value is -2.73. The van der Waals surface area contributed by atoms with E-state index in [1.54, 1.807) is 17.0 Å². The van der Waals surface area contributed by atoms with Crippen LogP contribution in [0.25, 0.3) is 0 Å². The fraction of sp³-hybridized carbons (Fsp3) is 0.391. The summed E-state index contributed by atoms with van der Waals surface area (Å²) < 4.78 is 20.3. The van der Waals surface area contributed by atoms with Gasteiger partial charge in [-0.3, -0.25) is 9.59 Å². The molecule has 0 radical (unpaired) electrons. The number of rotatable bonds is 2. The number of benzene rings is 2. The topological polar surface area (TPSA) is 49.9 Å². The maximum atomic E-state index is 14.0. The van der Waals surface area contributed by atoms with E-state index in [0.717, 1.165) is 18.4 Å². The van der Waals surface area contributed by atoms with Crippen molar-refractivity contribution in [2.24, 2.45) is 0 Å². The Morgan fingerprint density at radius 2 is 1.69 bits per heavy atom. The molecule has 0 N–H and O–H groups in total. The van der Waals surface area contributed by atoms with E-state index in [1.165, 1.54) is 12.1 Å². The van der Waals surface area contributed by atoms with Crippen molar-refractivity contribution in [2.75, 3.05) is 13.1 Å². The van der Waals surface area contributed by atoms with Gasteiger partial charge in [-0.25, -0.2) is 4.39 Å². The second-order valence-electron chi connectivity index (χ2n) is 8.06. The second kappa shape index (κ2) is 6.95. The highest BCUT2D eigenvalue weighted by molar-refractivity contribution is 5.95. The van der Waals surface area contributed by atoms with Gasteiger partial charge < -0.3 is 14.5 Å². The van der Waals surface area contributed by atoms with E-state index in [9.17, 15) is 14.0 Å². The molecule has 3 fully saturated rings. The molecule has 3 aliphatic heterocycles.